The monoisotopic (exact) mass is 526 g/mol. The molecule has 10 nitrogen and oxygen atoms in total. The van der Waals surface area contributed by atoms with Gasteiger partial charge >= 0.3 is 0 Å². The number of carbonyl (C=O) groups is 2. The minimum atomic E-state index is -0.335. The van der Waals surface area contributed by atoms with Gasteiger partial charge in [0, 0.05) is 21.9 Å². The Kier molecular flexibility index (Phi) is 7.66. The highest BCUT2D eigenvalue weighted by molar-refractivity contribution is 7.15. The summed E-state index contributed by atoms with van der Waals surface area (Å²) in [5.74, 6) is 1.30. The van der Waals surface area contributed by atoms with E-state index in [9.17, 15) is 9.59 Å². The third kappa shape index (κ3) is 5.39. The standard InChI is InChI=1S/C24H22N4O6S2/c1-31-17-7-5-13(9-19(17)33-3)21(29)27-23-25-15(11-35-23)16-12-36-24(26-16)28-22(30)14-6-8-18(32-2)20(10-14)34-4/h5-12H,1-4H3,(H,25,27,29)(H,26,28,30). The molecule has 4 aromatic rings. The minimum absolute atomic E-state index is 0.335. The molecule has 0 bridgehead atoms. The Labute approximate surface area is 214 Å². The van der Waals surface area contributed by atoms with Gasteiger partial charge in [-0.05, 0) is 36.4 Å². The van der Waals surface area contributed by atoms with E-state index in [1.54, 1.807) is 47.2 Å². The average Bonchev–Trinajstić information content (AvgIpc) is 3.57. The Morgan fingerprint density at radius 1 is 0.639 bits per heavy atom. The van der Waals surface area contributed by atoms with Crippen LogP contribution in [0, 0.1) is 0 Å². The van der Waals surface area contributed by atoms with Gasteiger partial charge in [0.15, 0.2) is 33.3 Å². The molecular formula is C24H22N4O6S2. The fourth-order valence-electron chi connectivity index (χ4n) is 3.19. The van der Waals surface area contributed by atoms with E-state index in [2.05, 4.69) is 20.6 Å². The lowest BCUT2D eigenvalue weighted by atomic mass is 10.2. The second-order valence-electron chi connectivity index (χ2n) is 7.12. The number of ether oxygens (including phenoxy) is 4. The molecule has 0 aliphatic heterocycles. The molecule has 0 spiro atoms. The average molecular weight is 527 g/mol. The van der Waals surface area contributed by atoms with Crippen molar-refractivity contribution in [2.45, 2.75) is 0 Å². The third-order valence-corrected chi connectivity index (χ3v) is 6.52. The molecule has 0 saturated heterocycles. The fourth-order valence-corrected chi connectivity index (χ4v) is 4.59. The molecule has 0 aliphatic rings. The van der Waals surface area contributed by atoms with Crippen molar-refractivity contribution in [1.82, 2.24) is 9.97 Å². The molecule has 36 heavy (non-hydrogen) atoms. The van der Waals surface area contributed by atoms with Crippen LogP contribution in [-0.2, 0) is 0 Å². The van der Waals surface area contributed by atoms with E-state index in [0.29, 0.717) is 55.8 Å². The summed E-state index contributed by atoms with van der Waals surface area (Å²) in [5, 5.41) is 9.92. The van der Waals surface area contributed by atoms with Crippen LogP contribution in [0.4, 0.5) is 10.3 Å². The lowest BCUT2D eigenvalue weighted by molar-refractivity contribution is 0.101. The van der Waals surface area contributed by atoms with E-state index in [4.69, 9.17) is 18.9 Å². The van der Waals surface area contributed by atoms with Crippen LogP contribution in [-0.4, -0.2) is 50.2 Å². The molecule has 2 heterocycles. The number of aromatic nitrogens is 2. The summed E-state index contributed by atoms with van der Waals surface area (Å²) in [5.41, 5.74) is 1.95. The zero-order valence-electron chi connectivity index (χ0n) is 19.8. The number of hydrogen-bond donors (Lipinski definition) is 2. The molecule has 2 aromatic carbocycles. The number of carbonyl (C=O) groups excluding carboxylic acids is 2. The van der Waals surface area contributed by atoms with Gasteiger partial charge in [-0.25, -0.2) is 9.97 Å². The van der Waals surface area contributed by atoms with Crippen molar-refractivity contribution in [1.29, 1.82) is 0 Å². The van der Waals surface area contributed by atoms with E-state index in [-0.39, 0.29) is 11.8 Å². The molecule has 2 aromatic heterocycles. The Morgan fingerprint density at radius 3 is 1.39 bits per heavy atom. The summed E-state index contributed by atoms with van der Waals surface area (Å²) >= 11 is 2.53. The maximum absolute atomic E-state index is 12.7. The van der Waals surface area contributed by atoms with Gasteiger partial charge in [0.1, 0.15) is 11.4 Å². The number of hydrogen-bond acceptors (Lipinski definition) is 10. The SMILES string of the molecule is COc1ccc(C(=O)Nc2nc(-c3csc(NC(=O)c4ccc(OC)c(OC)c4)n3)cs2)cc1OC. The van der Waals surface area contributed by atoms with Crippen molar-refractivity contribution < 1.29 is 28.5 Å². The van der Waals surface area contributed by atoms with Crippen LogP contribution in [0.2, 0.25) is 0 Å². The Hall–Kier alpha value is -4.16. The molecule has 0 radical (unpaired) electrons. The number of benzene rings is 2. The lowest BCUT2D eigenvalue weighted by Gasteiger charge is -2.09. The van der Waals surface area contributed by atoms with E-state index in [1.165, 1.54) is 51.1 Å². The van der Waals surface area contributed by atoms with Crippen molar-refractivity contribution in [3.05, 3.63) is 58.3 Å². The van der Waals surface area contributed by atoms with Crippen molar-refractivity contribution in [3.63, 3.8) is 0 Å². The highest BCUT2D eigenvalue weighted by Crippen LogP contribution is 2.31. The van der Waals surface area contributed by atoms with Gasteiger partial charge in [-0.3, -0.25) is 20.2 Å². The van der Waals surface area contributed by atoms with Crippen LogP contribution in [0.5, 0.6) is 23.0 Å². The first-order chi connectivity index (χ1) is 17.4. The number of nitrogens with zero attached hydrogens (tertiary/aromatic N) is 2. The summed E-state index contributed by atoms with van der Waals surface area (Å²) in [4.78, 5) is 34.2. The van der Waals surface area contributed by atoms with Gasteiger partial charge in [-0.2, -0.15) is 0 Å². The van der Waals surface area contributed by atoms with Gasteiger partial charge < -0.3 is 18.9 Å². The molecule has 0 fully saturated rings. The van der Waals surface area contributed by atoms with Crippen molar-refractivity contribution in [2.24, 2.45) is 0 Å². The molecule has 4 rings (SSSR count). The predicted molar refractivity (Wildman–Crippen MR) is 138 cm³/mol. The first-order valence-electron chi connectivity index (χ1n) is 10.4. The number of rotatable bonds is 9. The van der Waals surface area contributed by atoms with Crippen LogP contribution in [0.3, 0.4) is 0 Å². The molecule has 12 heteroatoms. The number of methoxy groups -OCH3 is 4. The zero-order valence-corrected chi connectivity index (χ0v) is 21.4. The van der Waals surface area contributed by atoms with Crippen LogP contribution in [0.25, 0.3) is 11.4 Å². The van der Waals surface area contributed by atoms with Crippen LogP contribution < -0.4 is 29.6 Å². The number of anilines is 2. The van der Waals surface area contributed by atoms with E-state index in [1.807, 2.05) is 0 Å². The summed E-state index contributed by atoms with van der Waals surface area (Å²) in [6, 6.07) is 9.78. The lowest BCUT2D eigenvalue weighted by Crippen LogP contribution is -2.12. The summed E-state index contributed by atoms with van der Waals surface area (Å²) < 4.78 is 20.9. The topological polar surface area (TPSA) is 121 Å². The molecular weight excluding hydrogens is 504 g/mol. The first-order valence-corrected chi connectivity index (χ1v) is 12.2. The molecule has 2 amide bonds. The Bertz CT molecular complexity index is 1300. The highest BCUT2D eigenvalue weighted by Gasteiger charge is 2.16. The molecule has 2 N–H and O–H groups in total. The van der Waals surface area contributed by atoms with Crippen LogP contribution >= 0.6 is 22.7 Å². The van der Waals surface area contributed by atoms with E-state index < -0.39 is 0 Å². The molecule has 0 aliphatic carbocycles. The minimum Gasteiger partial charge on any atom is -0.493 e. The van der Waals surface area contributed by atoms with Gasteiger partial charge in [-0.15, -0.1) is 22.7 Å². The van der Waals surface area contributed by atoms with E-state index in [0.717, 1.165) is 0 Å². The van der Waals surface area contributed by atoms with Gasteiger partial charge in [-0.1, -0.05) is 0 Å². The molecule has 0 atom stereocenters. The second-order valence-corrected chi connectivity index (χ2v) is 8.84. The third-order valence-electron chi connectivity index (χ3n) is 5.00. The van der Waals surface area contributed by atoms with Gasteiger partial charge in [0.25, 0.3) is 11.8 Å². The number of thiazole rings is 2. The Balaban J connectivity index is 1.43. The summed E-state index contributed by atoms with van der Waals surface area (Å²) in [6.45, 7) is 0. The zero-order chi connectivity index (χ0) is 25.7. The first kappa shape index (κ1) is 24.9. The summed E-state index contributed by atoms with van der Waals surface area (Å²) in [7, 11) is 6.07. The molecule has 186 valence electrons. The summed E-state index contributed by atoms with van der Waals surface area (Å²) in [6.07, 6.45) is 0. The molecule has 0 unspecified atom stereocenters. The van der Waals surface area contributed by atoms with Crippen LogP contribution in [0.1, 0.15) is 20.7 Å². The maximum Gasteiger partial charge on any atom is 0.257 e. The maximum atomic E-state index is 12.7. The van der Waals surface area contributed by atoms with E-state index >= 15 is 0 Å². The predicted octanol–water partition coefficient (Wildman–Crippen LogP) is 4.81. The van der Waals surface area contributed by atoms with Crippen molar-refractivity contribution in [2.75, 3.05) is 39.1 Å². The number of amides is 2. The van der Waals surface area contributed by atoms with Crippen molar-refractivity contribution >= 4 is 44.8 Å². The number of nitrogens with one attached hydrogen (secondary N) is 2. The molecule has 0 saturated carbocycles. The highest BCUT2D eigenvalue weighted by atomic mass is 32.1. The quantitative estimate of drug-likeness (QED) is 0.319. The normalized spacial score (nSPS) is 10.4. The van der Waals surface area contributed by atoms with Gasteiger partial charge in [0.05, 0.1) is 28.4 Å². The fraction of sp³-hybridized carbons (Fsp3) is 0.167. The van der Waals surface area contributed by atoms with Crippen LogP contribution in [0.15, 0.2) is 47.2 Å². The second kappa shape index (κ2) is 11.1. The smallest absolute Gasteiger partial charge is 0.257 e. The Morgan fingerprint density at radius 2 is 1.03 bits per heavy atom. The van der Waals surface area contributed by atoms with Gasteiger partial charge in [0.2, 0.25) is 0 Å². The largest absolute Gasteiger partial charge is 0.493 e. The van der Waals surface area contributed by atoms with Crippen molar-refractivity contribution in [3.8, 4) is 34.4 Å².